The predicted molar refractivity (Wildman–Crippen MR) is 145 cm³/mol. The second kappa shape index (κ2) is 8.58. The smallest absolute Gasteiger partial charge is 0.248 e. The molecule has 1 saturated heterocycles. The zero-order valence-electron chi connectivity index (χ0n) is 21.1. The summed E-state index contributed by atoms with van der Waals surface area (Å²) in [5.41, 5.74) is 3.33. The van der Waals surface area contributed by atoms with E-state index in [0.29, 0.717) is 11.4 Å². The summed E-state index contributed by atoms with van der Waals surface area (Å²) in [5, 5.41) is 2.86. The number of amides is 3. The number of methoxy groups -OCH3 is 1. The standard InChI is InChI=1S/C30H26Cl2N2O4/c1-16(2)25(26(35)33-21-14-8-9-15-22(21)38-3)34-27(36)23-24(28(34)37)30(32)18-11-5-4-10-17(18)29(23,31)19-12-6-7-13-20(19)30/h4-16,23-25H,1-3H3,(H,33,35)/t23-,24-,25+,29?,30?/m1/s1. The summed E-state index contributed by atoms with van der Waals surface area (Å²) in [6.45, 7) is 3.61. The number of rotatable bonds is 5. The Morgan fingerprint density at radius 2 is 1.24 bits per heavy atom. The maximum absolute atomic E-state index is 14.3. The van der Waals surface area contributed by atoms with Crippen molar-refractivity contribution in [1.29, 1.82) is 0 Å². The number of ether oxygens (including phenoxy) is 1. The van der Waals surface area contributed by atoms with Gasteiger partial charge in [0.05, 0.1) is 24.6 Å². The van der Waals surface area contributed by atoms with E-state index < -0.39 is 45.3 Å². The van der Waals surface area contributed by atoms with Gasteiger partial charge in [-0.15, -0.1) is 23.2 Å². The van der Waals surface area contributed by atoms with E-state index in [4.69, 9.17) is 27.9 Å². The van der Waals surface area contributed by atoms with Gasteiger partial charge in [0.25, 0.3) is 0 Å². The van der Waals surface area contributed by atoms with Gasteiger partial charge < -0.3 is 10.1 Å². The molecule has 0 aromatic heterocycles. The van der Waals surface area contributed by atoms with Crippen LogP contribution in [0.2, 0.25) is 0 Å². The van der Waals surface area contributed by atoms with Crippen molar-refractivity contribution in [1.82, 2.24) is 4.90 Å². The lowest BCUT2D eigenvalue weighted by Crippen LogP contribution is -2.57. The third-order valence-electron chi connectivity index (χ3n) is 8.16. The van der Waals surface area contributed by atoms with E-state index in [1.54, 1.807) is 38.1 Å². The summed E-state index contributed by atoms with van der Waals surface area (Å²) in [6, 6.07) is 20.9. The lowest BCUT2D eigenvalue weighted by atomic mass is 9.54. The molecule has 0 saturated carbocycles. The minimum absolute atomic E-state index is 0.377. The van der Waals surface area contributed by atoms with E-state index >= 15 is 0 Å². The molecule has 8 heteroatoms. The van der Waals surface area contributed by atoms with E-state index in [2.05, 4.69) is 5.32 Å². The Hall–Kier alpha value is -3.35. The van der Waals surface area contributed by atoms with Crippen LogP contribution in [0.15, 0.2) is 72.8 Å². The molecule has 1 N–H and O–H groups in total. The van der Waals surface area contributed by atoms with Crippen molar-refractivity contribution >= 4 is 46.6 Å². The van der Waals surface area contributed by atoms with Gasteiger partial charge in [-0.2, -0.15) is 0 Å². The van der Waals surface area contributed by atoms with Crippen molar-refractivity contribution in [3.8, 4) is 5.75 Å². The fourth-order valence-corrected chi connectivity index (χ4v) is 7.73. The van der Waals surface area contributed by atoms with Crippen LogP contribution in [0.25, 0.3) is 0 Å². The largest absolute Gasteiger partial charge is 0.495 e. The molecule has 0 unspecified atom stereocenters. The minimum atomic E-state index is -1.29. The number of nitrogens with one attached hydrogen (secondary N) is 1. The fourth-order valence-electron chi connectivity index (χ4n) is 6.64. The van der Waals surface area contributed by atoms with Gasteiger partial charge in [0.2, 0.25) is 17.7 Å². The van der Waals surface area contributed by atoms with Crippen LogP contribution >= 0.6 is 23.2 Å². The molecule has 1 fully saturated rings. The molecule has 1 heterocycles. The van der Waals surface area contributed by atoms with Gasteiger partial charge in [-0.05, 0) is 40.3 Å². The van der Waals surface area contributed by atoms with Crippen LogP contribution in [0.5, 0.6) is 5.75 Å². The summed E-state index contributed by atoms with van der Waals surface area (Å²) in [4.78, 5) is 40.8. The quantitative estimate of drug-likeness (QED) is 0.349. The average molecular weight is 549 g/mol. The van der Waals surface area contributed by atoms with Crippen LogP contribution in [0, 0.1) is 17.8 Å². The Bertz CT molecular complexity index is 1380. The molecule has 7 rings (SSSR count). The molecule has 3 aromatic carbocycles. The Labute approximate surface area is 230 Å². The second-order valence-corrected chi connectivity index (χ2v) is 11.6. The van der Waals surface area contributed by atoms with Gasteiger partial charge in [0.15, 0.2) is 0 Å². The molecule has 6 nitrogen and oxygen atoms in total. The average Bonchev–Trinajstić information content (AvgIpc) is 3.18. The third-order valence-corrected chi connectivity index (χ3v) is 9.45. The number of imide groups is 1. The number of anilines is 1. The maximum Gasteiger partial charge on any atom is 0.248 e. The zero-order valence-corrected chi connectivity index (χ0v) is 22.6. The Morgan fingerprint density at radius 3 is 1.66 bits per heavy atom. The van der Waals surface area contributed by atoms with Crippen LogP contribution in [0.3, 0.4) is 0 Å². The highest BCUT2D eigenvalue weighted by atomic mass is 35.5. The molecule has 3 aromatic rings. The lowest BCUT2D eigenvalue weighted by molar-refractivity contribution is -0.148. The van der Waals surface area contributed by atoms with E-state index in [0.717, 1.165) is 27.2 Å². The van der Waals surface area contributed by atoms with Gasteiger partial charge in [-0.3, -0.25) is 19.3 Å². The number of para-hydroxylation sites is 2. The van der Waals surface area contributed by atoms with Crippen molar-refractivity contribution in [2.24, 2.45) is 17.8 Å². The molecule has 3 aliphatic carbocycles. The first kappa shape index (κ1) is 25.0. The summed E-state index contributed by atoms with van der Waals surface area (Å²) < 4.78 is 5.37. The molecule has 2 bridgehead atoms. The Morgan fingerprint density at radius 1 is 0.816 bits per heavy atom. The molecular formula is C30H26Cl2N2O4. The van der Waals surface area contributed by atoms with Crippen LogP contribution in [0.1, 0.15) is 36.1 Å². The van der Waals surface area contributed by atoms with Crippen LogP contribution in [0.4, 0.5) is 5.69 Å². The highest BCUT2D eigenvalue weighted by Crippen LogP contribution is 2.69. The number of alkyl halides is 2. The fraction of sp³-hybridized carbons (Fsp3) is 0.300. The number of hydrogen-bond acceptors (Lipinski definition) is 4. The third kappa shape index (κ3) is 3.04. The second-order valence-electron chi connectivity index (χ2n) is 10.4. The molecule has 194 valence electrons. The van der Waals surface area contributed by atoms with E-state index in [9.17, 15) is 14.4 Å². The van der Waals surface area contributed by atoms with Gasteiger partial charge in [0.1, 0.15) is 21.5 Å². The summed E-state index contributed by atoms with van der Waals surface area (Å²) >= 11 is 15.0. The number of likely N-dealkylation sites (tertiary alicyclic amines) is 1. The highest BCUT2D eigenvalue weighted by molar-refractivity contribution is 6.36. The first-order chi connectivity index (χ1) is 18.2. The maximum atomic E-state index is 14.3. The first-order valence-corrected chi connectivity index (χ1v) is 13.3. The van der Waals surface area contributed by atoms with Crippen molar-refractivity contribution < 1.29 is 19.1 Å². The zero-order chi connectivity index (χ0) is 27.0. The van der Waals surface area contributed by atoms with E-state index in [1.165, 1.54) is 7.11 Å². The van der Waals surface area contributed by atoms with Crippen LogP contribution in [-0.4, -0.2) is 35.8 Å². The van der Waals surface area contributed by atoms with E-state index in [1.807, 2.05) is 48.5 Å². The van der Waals surface area contributed by atoms with Crippen molar-refractivity contribution in [2.75, 3.05) is 12.4 Å². The molecule has 4 aliphatic rings. The number of benzene rings is 3. The normalized spacial score (nSPS) is 27.6. The van der Waals surface area contributed by atoms with Gasteiger partial charge >= 0.3 is 0 Å². The molecule has 1 aliphatic heterocycles. The number of halogens is 2. The van der Waals surface area contributed by atoms with Crippen molar-refractivity contribution in [3.05, 3.63) is 95.1 Å². The predicted octanol–water partition coefficient (Wildman–Crippen LogP) is 5.25. The monoisotopic (exact) mass is 548 g/mol. The van der Waals surface area contributed by atoms with Gasteiger partial charge in [-0.25, -0.2) is 0 Å². The molecule has 3 atom stereocenters. The van der Waals surface area contributed by atoms with Crippen molar-refractivity contribution in [2.45, 2.75) is 29.6 Å². The minimum Gasteiger partial charge on any atom is -0.495 e. The topological polar surface area (TPSA) is 75.7 Å². The highest BCUT2D eigenvalue weighted by Gasteiger charge is 2.73. The number of carbonyl (C=O) groups excluding carboxylic acids is 3. The Balaban J connectivity index is 1.48. The Kier molecular flexibility index (Phi) is 5.64. The van der Waals surface area contributed by atoms with Crippen molar-refractivity contribution in [3.63, 3.8) is 0 Å². The molecule has 3 amide bonds. The SMILES string of the molecule is COc1ccccc1NC(=O)[C@H](C(C)C)N1C(=O)[C@H]2[C@H](C1=O)C1(Cl)c3ccccc3C2(Cl)c2ccccc21. The summed E-state index contributed by atoms with van der Waals surface area (Å²) in [5.74, 6) is -3.29. The summed E-state index contributed by atoms with van der Waals surface area (Å²) in [7, 11) is 1.51. The molecule has 0 radical (unpaired) electrons. The molecule has 38 heavy (non-hydrogen) atoms. The van der Waals surface area contributed by atoms with Gasteiger partial charge in [0, 0.05) is 0 Å². The van der Waals surface area contributed by atoms with Crippen LogP contribution in [-0.2, 0) is 24.1 Å². The van der Waals surface area contributed by atoms with Crippen LogP contribution < -0.4 is 10.1 Å². The van der Waals surface area contributed by atoms with E-state index in [-0.39, 0.29) is 5.92 Å². The lowest BCUT2D eigenvalue weighted by Gasteiger charge is -2.54. The molecule has 0 spiro atoms. The number of hydrogen-bond donors (Lipinski definition) is 1. The molecular weight excluding hydrogens is 523 g/mol. The summed E-state index contributed by atoms with van der Waals surface area (Å²) in [6.07, 6.45) is 0. The number of carbonyl (C=O) groups is 3. The first-order valence-electron chi connectivity index (χ1n) is 12.6. The number of nitrogens with zero attached hydrogens (tertiary/aromatic N) is 1. The van der Waals surface area contributed by atoms with Gasteiger partial charge in [-0.1, -0.05) is 74.5 Å².